The molecule has 0 atom stereocenters. The van der Waals surface area contributed by atoms with Gasteiger partial charge in [-0.2, -0.15) is 0 Å². The van der Waals surface area contributed by atoms with Crippen LogP contribution < -0.4 is 9.44 Å². The molecule has 0 bridgehead atoms. The zero-order chi connectivity index (χ0) is 25.8. The highest BCUT2D eigenvalue weighted by Gasteiger charge is 2.16. The molecule has 0 radical (unpaired) electrons. The molecule has 8 heteroatoms. The number of benzene rings is 4. The molecule has 0 fully saturated rings. The van der Waals surface area contributed by atoms with E-state index < -0.39 is 20.0 Å². The maximum Gasteiger partial charge on any atom is 0.261 e. The molecule has 0 unspecified atom stereocenters. The summed E-state index contributed by atoms with van der Waals surface area (Å²) in [6, 6.07) is 26.7. The van der Waals surface area contributed by atoms with Gasteiger partial charge in [-0.1, -0.05) is 71.5 Å². The third-order valence-corrected chi connectivity index (χ3v) is 8.10. The fraction of sp³-hybridized carbons (Fsp3) is 0.0714. The second kappa shape index (κ2) is 10.3. The third kappa shape index (κ3) is 5.95. The molecule has 0 spiro atoms. The second-order valence-electron chi connectivity index (χ2n) is 8.18. The first-order valence-electron chi connectivity index (χ1n) is 11.0. The molecular weight excluding hydrogens is 492 g/mol. The summed E-state index contributed by atoms with van der Waals surface area (Å²) in [6.07, 6.45) is 0. The standard InChI is InChI=1S/C28H24N2O4S2/c1-21-11-17-25(18-12-21)35(31,32)29-27-9-5-3-7-23(27)15-16-24-8-4-6-10-28(24)30-36(33,34)26-19-13-22(2)14-20-26/h3-14,17-20,29-30H,1-2H3. The van der Waals surface area contributed by atoms with Crippen molar-refractivity contribution in [3.8, 4) is 11.8 Å². The Bertz CT molecular complexity index is 1540. The predicted molar refractivity (Wildman–Crippen MR) is 143 cm³/mol. The number of anilines is 2. The first-order chi connectivity index (χ1) is 17.1. The van der Waals surface area contributed by atoms with Crippen molar-refractivity contribution in [3.63, 3.8) is 0 Å². The maximum absolute atomic E-state index is 12.9. The maximum atomic E-state index is 12.9. The Balaban J connectivity index is 1.63. The van der Waals surface area contributed by atoms with Gasteiger partial charge in [-0.3, -0.25) is 9.44 Å². The van der Waals surface area contributed by atoms with Crippen molar-refractivity contribution < 1.29 is 16.8 Å². The van der Waals surface area contributed by atoms with Crippen molar-refractivity contribution in [3.05, 3.63) is 119 Å². The summed E-state index contributed by atoms with van der Waals surface area (Å²) < 4.78 is 56.7. The van der Waals surface area contributed by atoms with E-state index in [4.69, 9.17) is 0 Å². The highest BCUT2D eigenvalue weighted by atomic mass is 32.2. The molecule has 4 rings (SSSR count). The van der Waals surface area contributed by atoms with Gasteiger partial charge in [0.05, 0.1) is 21.2 Å². The largest absolute Gasteiger partial charge is 0.278 e. The molecule has 2 N–H and O–H groups in total. The van der Waals surface area contributed by atoms with Crippen LogP contribution in [0.5, 0.6) is 0 Å². The molecule has 0 saturated heterocycles. The van der Waals surface area contributed by atoms with Gasteiger partial charge in [-0.05, 0) is 62.4 Å². The Morgan fingerprint density at radius 2 is 0.833 bits per heavy atom. The fourth-order valence-electron chi connectivity index (χ4n) is 3.34. The number of rotatable bonds is 6. The minimum Gasteiger partial charge on any atom is -0.278 e. The number of hydrogen-bond donors (Lipinski definition) is 2. The Kier molecular flexibility index (Phi) is 7.15. The van der Waals surface area contributed by atoms with Gasteiger partial charge < -0.3 is 0 Å². The zero-order valence-corrected chi connectivity index (χ0v) is 21.3. The summed E-state index contributed by atoms with van der Waals surface area (Å²) in [7, 11) is -7.62. The molecular formula is C28H24N2O4S2. The number of hydrogen-bond acceptors (Lipinski definition) is 4. The summed E-state index contributed by atoms with van der Waals surface area (Å²) in [5.41, 5.74) is 3.45. The normalized spacial score (nSPS) is 11.3. The number of nitrogens with one attached hydrogen (secondary N) is 2. The van der Waals surface area contributed by atoms with Crippen LogP contribution in [0.15, 0.2) is 107 Å². The van der Waals surface area contributed by atoms with Crippen LogP contribution in [0.1, 0.15) is 22.3 Å². The van der Waals surface area contributed by atoms with Crippen LogP contribution in [0, 0.1) is 25.7 Å². The number of aryl methyl sites for hydroxylation is 2. The van der Waals surface area contributed by atoms with E-state index in [-0.39, 0.29) is 9.79 Å². The lowest BCUT2D eigenvalue weighted by molar-refractivity contribution is 0.599. The van der Waals surface area contributed by atoms with Gasteiger partial charge in [-0.25, -0.2) is 16.8 Å². The zero-order valence-electron chi connectivity index (χ0n) is 19.7. The summed E-state index contributed by atoms with van der Waals surface area (Å²) in [5, 5.41) is 0. The summed E-state index contributed by atoms with van der Waals surface area (Å²) in [4.78, 5) is 0.290. The van der Waals surface area contributed by atoms with E-state index in [0.29, 0.717) is 22.5 Å². The number of sulfonamides is 2. The molecule has 0 aliphatic carbocycles. The van der Waals surface area contributed by atoms with Crippen LogP contribution in [-0.2, 0) is 20.0 Å². The SMILES string of the molecule is Cc1ccc(S(=O)(=O)Nc2ccccc2C#Cc2ccccc2NS(=O)(=O)c2ccc(C)cc2)cc1. The number of para-hydroxylation sites is 2. The first-order valence-corrected chi connectivity index (χ1v) is 14.0. The molecule has 0 saturated carbocycles. The van der Waals surface area contributed by atoms with Crippen LogP contribution >= 0.6 is 0 Å². The predicted octanol–water partition coefficient (Wildman–Crippen LogP) is 5.30. The lowest BCUT2D eigenvalue weighted by Gasteiger charge is -2.11. The average Bonchev–Trinajstić information content (AvgIpc) is 2.84. The van der Waals surface area contributed by atoms with Crippen molar-refractivity contribution >= 4 is 31.4 Å². The fourth-order valence-corrected chi connectivity index (χ4v) is 5.50. The monoisotopic (exact) mass is 516 g/mol. The van der Waals surface area contributed by atoms with Gasteiger partial charge in [0.1, 0.15) is 0 Å². The van der Waals surface area contributed by atoms with Crippen LogP contribution in [0.3, 0.4) is 0 Å². The van der Waals surface area contributed by atoms with Gasteiger partial charge in [0.25, 0.3) is 20.0 Å². The molecule has 0 aliphatic heterocycles. The molecule has 0 aliphatic rings. The molecule has 182 valence electrons. The van der Waals surface area contributed by atoms with Crippen molar-refractivity contribution in [1.82, 2.24) is 0 Å². The van der Waals surface area contributed by atoms with E-state index >= 15 is 0 Å². The summed E-state index contributed by atoms with van der Waals surface area (Å²) in [5.74, 6) is 5.95. The Morgan fingerprint density at radius 1 is 0.500 bits per heavy atom. The average molecular weight is 517 g/mol. The molecule has 36 heavy (non-hydrogen) atoms. The van der Waals surface area contributed by atoms with E-state index in [1.54, 1.807) is 97.1 Å². The Labute approximate surface area is 212 Å². The van der Waals surface area contributed by atoms with Gasteiger partial charge >= 0.3 is 0 Å². The van der Waals surface area contributed by atoms with Crippen molar-refractivity contribution in [2.24, 2.45) is 0 Å². The second-order valence-corrected chi connectivity index (χ2v) is 11.5. The lowest BCUT2D eigenvalue weighted by Crippen LogP contribution is -2.14. The van der Waals surface area contributed by atoms with Gasteiger partial charge in [0.15, 0.2) is 0 Å². The van der Waals surface area contributed by atoms with Gasteiger partial charge in [0.2, 0.25) is 0 Å². The molecule has 0 heterocycles. The van der Waals surface area contributed by atoms with Crippen molar-refractivity contribution in [2.45, 2.75) is 23.6 Å². The van der Waals surface area contributed by atoms with Crippen molar-refractivity contribution in [2.75, 3.05) is 9.44 Å². The van der Waals surface area contributed by atoms with E-state index in [9.17, 15) is 16.8 Å². The molecule has 0 aromatic heterocycles. The quantitative estimate of drug-likeness (QED) is 0.340. The highest BCUT2D eigenvalue weighted by molar-refractivity contribution is 7.93. The molecule has 6 nitrogen and oxygen atoms in total. The summed E-state index contributed by atoms with van der Waals surface area (Å²) >= 11 is 0. The summed E-state index contributed by atoms with van der Waals surface area (Å²) in [6.45, 7) is 3.76. The van der Waals surface area contributed by atoms with Crippen molar-refractivity contribution in [1.29, 1.82) is 0 Å². The molecule has 4 aromatic rings. The Hall–Kier alpha value is -4.06. The highest BCUT2D eigenvalue weighted by Crippen LogP contribution is 2.22. The lowest BCUT2D eigenvalue weighted by atomic mass is 10.1. The van der Waals surface area contributed by atoms with E-state index in [2.05, 4.69) is 21.3 Å². The van der Waals surface area contributed by atoms with E-state index in [1.807, 2.05) is 13.8 Å². The minimum atomic E-state index is -3.81. The molecule has 4 aromatic carbocycles. The van der Waals surface area contributed by atoms with Crippen LogP contribution in [-0.4, -0.2) is 16.8 Å². The Morgan fingerprint density at radius 3 is 1.19 bits per heavy atom. The minimum absolute atomic E-state index is 0.145. The smallest absolute Gasteiger partial charge is 0.261 e. The first kappa shape index (κ1) is 25.0. The van der Waals surface area contributed by atoms with Crippen LogP contribution in [0.25, 0.3) is 0 Å². The third-order valence-electron chi connectivity index (χ3n) is 5.34. The van der Waals surface area contributed by atoms with Gasteiger partial charge in [-0.15, -0.1) is 0 Å². The van der Waals surface area contributed by atoms with E-state index in [1.165, 1.54) is 0 Å². The van der Waals surface area contributed by atoms with Crippen LogP contribution in [0.2, 0.25) is 0 Å². The van der Waals surface area contributed by atoms with Gasteiger partial charge in [0, 0.05) is 11.1 Å². The van der Waals surface area contributed by atoms with E-state index in [0.717, 1.165) is 11.1 Å². The topological polar surface area (TPSA) is 92.3 Å². The molecule has 0 amide bonds. The van der Waals surface area contributed by atoms with Crippen LogP contribution in [0.4, 0.5) is 11.4 Å².